The van der Waals surface area contributed by atoms with E-state index >= 15 is 0 Å². The predicted octanol–water partition coefficient (Wildman–Crippen LogP) is 3.92. The monoisotopic (exact) mass is 252 g/mol. The predicted molar refractivity (Wildman–Crippen MR) is 71.0 cm³/mol. The quantitative estimate of drug-likeness (QED) is 0.486. The van der Waals surface area contributed by atoms with Crippen LogP contribution in [0.1, 0.15) is 71.1 Å². The van der Waals surface area contributed by atoms with Crippen molar-refractivity contribution in [3.63, 3.8) is 0 Å². The van der Waals surface area contributed by atoms with E-state index in [9.17, 15) is 9.59 Å². The molecule has 3 heteroatoms. The second kappa shape index (κ2) is 8.90. The van der Waals surface area contributed by atoms with Gasteiger partial charge in [0.05, 0.1) is 0 Å². The normalized spacial score (nSPS) is 15.4. The Labute approximate surface area is 110 Å². The van der Waals surface area contributed by atoms with Gasteiger partial charge in [-0.1, -0.05) is 39.0 Å². The van der Waals surface area contributed by atoms with Crippen molar-refractivity contribution in [1.82, 2.24) is 0 Å². The summed E-state index contributed by atoms with van der Waals surface area (Å²) >= 11 is 0. The Morgan fingerprint density at radius 1 is 1.17 bits per heavy atom. The van der Waals surface area contributed by atoms with Gasteiger partial charge < -0.3 is 4.74 Å². The van der Waals surface area contributed by atoms with Gasteiger partial charge in [-0.05, 0) is 12.8 Å². The third-order valence-corrected chi connectivity index (χ3v) is 3.15. The Hall–Kier alpha value is -1.12. The van der Waals surface area contributed by atoms with Crippen molar-refractivity contribution in [2.24, 2.45) is 0 Å². The third kappa shape index (κ3) is 6.58. The van der Waals surface area contributed by atoms with Gasteiger partial charge in [0.25, 0.3) is 0 Å². The maximum atomic E-state index is 11.5. The molecule has 0 amide bonds. The van der Waals surface area contributed by atoms with Crippen LogP contribution >= 0.6 is 0 Å². The highest BCUT2D eigenvalue weighted by Crippen LogP contribution is 2.17. The van der Waals surface area contributed by atoms with E-state index in [0.29, 0.717) is 25.0 Å². The van der Waals surface area contributed by atoms with E-state index in [1.165, 1.54) is 31.8 Å². The second-order valence-corrected chi connectivity index (χ2v) is 4.92. The number of carbonyl (C=O) groups excluding carboxylic acids is 2. The molecule has 0 atom stereocenters. The highest BCUT2D eigenvalue weighted by Gasteiger charge is 2.13. The number of unbranched alkanes of at least 4 members (excludes halogenated alkanes) is 5. The molecule has 1 aliphatic carbocycles. The number of esters is 1. The Morgan fingerprint density at radius 2 is 1.89 bits per heavy atom. The molecule has 0 bridgehead atoms. The molecule has 102 valence electrons. The smallest absolute Gasteiger partial charge is 0.310 e. The van der Waals surface area contributed by atoms with Crippen molar-refractivity contribution < 1.29 is 14.3 Å². The lowest BCUT2D eigenvalue weighted by atomic mass is 10.1. The summed E-state index contributed by atoms with van der Waals surface area (Å²) in [6.45, 7) is 2.19. The zero-order valence-corrected chi connectivity index (χ0v) is 11.4. The van der Waals surface area contributed by atoms with Crippen LogP contribution in [0.5, 0.6) is 0 Å². The van der Waals surface area contributed by atoms with E-state index in [4.69, 9.17) is 4.74 Å². The number of carbonyl (C=O) groups is 2. The van der Waals surface area contributed by atoms with Gasteiger partial charge in [-0.3, -0.25) is 9.59 Å². The van der Waals surface area contributed by atoms with Crippen LogP contribution in [0.4, 0.5) is 0 Å². The molecule has 0 fully saturated rings. The molecule has 0 N–H and O–H groups in total. The number of allylic oxidation sites excluding steroid dienone is 2. The molecular weight excluding hydrogens is 228 g/mol. The fraction of sp³-hybridized carbons (Fsp3) is 0.733. The molecule has 1 aliphatic rings. The van der Waals surface area contributed by atoms with E-state index in [1.807, 2.05) is 0 Å². The van der Waals surface area contributed by atoms with Crippen molar-refractivity contribution in [2.45, 2.75) is 71.1 Å². The van der Waals surface area contributed by atoms with Crippen LogP contribution < -0.4 is 0 Å². The second-order valence-electron chi connectivity index (χ2n) is 4.92. The molecular formula is C15H24O3. The van der Waals surface area contributed by atoms with E-state index in [2.05, 4.69) is 6.92 Å². The zero-order valence-electron chi connectivity index (χ0n) is 11.4. The molecule has 18 heavy (non-hydrogen) atoms. The third-order valence-electron chi connectivity index (χ3n) is 3.15. The minimum Gasteiger partial charge on any atom is -0.431 e. The first-order valence-electron chi connectivity index (χ1n) is 7.16. The minimum atomic E-state index is -0.188. The molecule has 0 heterocycles. The van der Waals surface area contributed by atoms with Crippen LogP contribution in [-0.4, -0.2) is 11.8 Å². The standard InChI is InChI=1S/C15H24O3/c1-2-3-4-5-6-7-11-15(17)18-14-10-8-9-13(16)12-14/h12H,2-11H2,1H3. The molecule has 0 radical (unpaired) electrons. The highest BCUT2D eigenvalue weighted by molar-refractivity contribution is 5.91. The van der Waals surface area contributed by atoms with Crippen molar-refractivity contribution in [3.05, 3.63) is 11.8 Å². The van der Waals surface area contributed by atoms with Crippen LogP contribution in [0.15, 0.2) is 11.8 Å². The van der Waals surface area contributed by atoms with Gasteiger partial charge in [0.2, 0.25) is 0 Å². The first-order chi connectivity index (χ1) is 8.72. The number of ether oxygens (including phenoxy) is 1. The minimum absolute atomic E-state index is 0.0728. The van der Waals surface area contributed by atoms with Gasteiger partial charge in [-0.25, -0.2) is 0 Å². The molecule has 0 aromatic heterocycles. The molecule has 0 aromatic carbocycles. The van der Waals surface area contributed by atoms with Crippen LogP contribution in [0.3, 0.4) is 0 Å². The number of ketones is 1. The van der Waals surface area contributed by atoms with Crippen LogP contribution in [0, 0.1) is 0 Å². The summed E-state index contributed by atoms with van der Waals surface area (Å²) in [5.41, 5.74) is 0. The van der Waals surface area contributed by atoms with Gasteiger partial charge in [0, 0.05) is 25.3 Å². The first-order valence-corrected chi connectivity index (χ1v) is 7.16. The van der Waals surface area contributed by atoms with E-state index < -0.39 is 0 Å². The fourth-order valence-electron chi connectivity index (χ4n) is 2.09. The summed E-state index contributed by atoms with van der Waals surface area (Å²) < 4.78 is 5.19. The average Bonchev–Trinajstić information content (AvgIpc) is 2.33. The number of hydrogen-bond acceptors (Lipinski definition) is 3. The Kier molecular flexibility index (Phi) is 7.38. The first kappa shape index (κ1) is 14.9. The van der Waals surface area contributed by atoms with Gasteiger partial charge in [-0.15, -0.1) is 0 Å². The molecule has 0 spiro atoms. The largest absolute Gasteiger partial charge is 0.431 e. The summed E-state index contributed by atoms with van der Waals surface area (Å²) in [7, 11) is 0. The molecule has 3 nitrogen and oxygen atoms in total. The summed E-state index contributed by atoms with van der Waals surface area (Å²) in [5.74, 6) is 0.442. The Balaban J connectivity index is 2.08. The summed E-state index contributed by atoms with van der Waals surface area (Å²) in [5, 5.41) is 0. The molecule has 0 saturated carbocycles. The molecule has 0 aromatic rings. The lowest BCUT2D eigenvalue weighted by Gasteiger charge is -2.11. The molecule has 1 rings (SSSR count). The van der Waals surface area contributed by atoms with Crippen molar-refractivity contribution >= 4 is 11.8 Å². The van der Waals surface area contributed by atoms with Crippen molar-refractivity contribution in [1.29, 1.82) is 0 Å². The van der Waals surface area contributed by atoms with Crippen LogP contribution in [0.2, 0.25) is 0 Å². The van der Waals surface area contributed by atoms with Gasteiger partial charge >= 0.3 is 5.97 Å². The average molecular weight is 252 g/mol. The number of rotatable bonds is 8. The van der Waals surface area contributed by atoms with Crippen molar-refractivity contribution in [2.75, 3.05) is 0 Å². The summed E-state index contributed by atoms with van der Waals surface area (Å²) in [6.07, 6.45) is 11.0. The maximum Gasteiger partial charge on any atom is 0.310 e. The fourth-order valence-corrected chi connectivity index (χ4v) is 2.09. The van der Waals surface area contributed by atoms with E-state index in [1.54, 1.807) is 0 Å². The van der Waals surface area contributed by atoms with Gasteiger partial charge in [0.15, 0.2) is 5.78 Å². The van der Waals surface area contributed by atoms with E-state index in [0.717, 1.165) is 19.3 Å². The Bertz CT molecular complexity index is 305. The number of hydrogen-bond donors (Lipinski definition) is 0. The van der Waals surface area contributed by atoms with Gasteiger partial charge in [-0.2, -0.15) is 0 Å². The highest BCUT2D eigenvalue weighted by atomic mass is 16.5. The molecule has 0 saturated heterocycles. The van der Waals surface area contributed by atoms with Crippen molar-refractivity contribution in [3.8, 4) is 0 Å². The summed E-state index contributed by atoms with van der Waals surface area (Å²) in [6, 6.07) is 0. The van der Waals surface area contributed by atoms with E-state index in [-0.39, 0.29) is 11.8 Å². The lowest BCUT2D eigenvalue weighted by molar-refractivity contribution is -0.140. The zero-order chi connectivity index (χ0) is 13.2. The van der Waals surface area contributed by atoms with Gasteiger partial charge in [0.1, 0.15) is 5.76 Å². The Morgan fingerprint density at radius 3 is 2.61 bits per heavy atom. The lowest BCUT2D eigenvalue weighted by Crippen LogP contribution is -2.10. The topological polar surface area (TPSA) is 43.4 Å². The SMILES string of the molecule is CCCCCCCCC(=O)OC1=CC(=O)CCC1. The van der Waals surface area contributed by atoms with Crippen LogP contribution in [0.25, 0.3) is 0 Å². The maximum absolute atomic E-state index is 11.5. The van der Waals surface area contributed by atoms with Crippen LogP contribution in [-0.2, 0) is 14.3 Å². The summed E-state index contributed by atoms with van der Waals surface area (Å²) in [4.78, 5) is 22.7. The molecule has 0 aliphatic heterocycles. The molecule has 0 unspecified atom stereocenters.